The van der Waals surface area contributed by atoms with E-state index in [9.17, 15) is 4.79 Å². The summed E-state index contributed by atoms with van der Waals surface area (Å²) < 4.78 is 7.71. The second kappa shape index (κ2) is 6.58. The van der Waals surface area contributed by atoms with Crippen molar-refractivity contribution in [3.8, 4) is 0 Å². The maximum Gasteiger partial charge on any atom is 0.227 e. The second-order valence-electron chi connectivity index (χ2n) is 5.51. The van der Waals surface area contributed by atoms with Crippen LogP contribution in [0.1, 0.15) is 41.8 Å². The topological polar surface area (TPSA) is 69.0 Å². The quantitative estimate of drug-likeness (QED) is 0.920. The van der Waals surface area contributed by atoms with Crippen LogP contribution in [0.4, 0.5) is 5.13 Å². The molecule has 3 heterocycles. The van der Waals surface area contributed by atoms with Gasteiger partial charge in [-0.2, -0.15) is 0 Å². The number of hydrogen-bond donors (Lipinski definition) is 1. The van der Waals surface area contributed by atoms with Crippen molar-refractivity contribution < 1.29 is 9.53 Å². The van der Waals surface area contributed by atoms with Crippen LogP contribution in [0, 0.1) is 13.8 Å². The third-order valence-corrected chi connectivity index (χ3v) is 4.80. The van der Waals surface area contributed by atoms with E-state index in [-0.39, 0.29) is 12.0 Å². The van der Waals surface area contributed by atoms with Crippen molar-refractivity contribution in [1.29, 1.82) is 0 Å². The van der Waals surface area contributed by atoms with Crippen LogP contribution in [0.5, 0.6) is 0 Å². The molecule has 1 amide bonds. The third-order valence-electron chi connectivity index (χ3n) is 3.87. The summed E-state index contributed by atoms with van der Waals surface area (Å²) >= 11 is 1.40. The largest absolute Gasteiger partial charge is 0.371 e. The summed E-state index contributed by atoms with van der Waals surface area (Å²) in [5.41, 5.74) is 2.34. The first-order valence-electron chi connectivity index (χ1n) is 7.51. The molecular weight excluding hydrogens is 300 g/mol. The van der Waals surface area contributed by atoms with Gasteiger partial charge in [-0.05, 0) is 38.8 Å². The number of carbonyl (C=O) groups excluding carboxylic acids is 1. The van der Waals surface area contributed by atoms with E-state index in [0.29, 0.717) is 18.1 Å². The molecule has 1 N–H and O–H groups in total. The van der Waals surface area contributed by atoms with Crippen molar-refractivity contribution in [2.24, 2.45) is 0 Å². The van der Waals surface area contributed by atoms with Gasteiger partial charge in [0.05, 0.1) is 0 Å². The molecule has 0 spiro atoms. The molecule has 0 saturated carbocycles. The fourth-order valence-electron chi connectivity index (χ4n) is 2.63. The Bertz CT molecular complexity index is 639. The first kappa shape index (κ1) is 15.2. The number of ether oxygens (including phenoxy) is 1. The zero-order valence-corrected chi connectivity index (χ0v) is 13.7. The molecule has 1 aliphatic rings. The summed E-state index contributed by atoms with van der Waals surface area (Å²) in [7, 11) is 0. The molecule has 0 aromatic carbocycles. The number of aromatic nitrogens is 3. The summed E-state index contributed by atoms with van der Waals surface area (Å²) in [6.45, 7) is 5.54. The van der Waals surface area contributed by atoms with Crippen LogP contribution in [-0.2, 0) is 16.1 Å². The van der Waals surface area contributed by atoms with Crippen molar-refractivity contribution in [3.63, 3.8) is 0 Å². The van der Waals surface area contributed by atoms with Gasteiger partial charge in [-0.15, -0.1) is 10.2 Å². The maximum absolute atomic E-state index is 12.0. The summed E-state index contributed by atoms with van der Waals surface area (Å²) in [6.07, 6.45) is 2.51. The van der Waals surface area contributed by atoms with Gasteiger partial charge in [0.25, 0.3) is 0 Å². The van der Waals surface area contributed by atoms with Gasteiger partial charge >= 0.3 is 0 Å². The van der Waals surface area contributed by atoms with Gasteiger partial charge in [-0.1, -0.05) is 11.3 Å². The van der Waals surface area contributed by atoms with Gasteiger partial charge in [-0.25, -0.2) is 0 Å². The zero-order valence-electron chi connectivity index (χ0n) is 12.8. The molecule has 1 aliphatic heterocycles. The Balaban J connectivity index is 1.53. The van der Waals surface area contributed by atoms with Gasteiger partial charge < -0.3 is 14.6 Å². The van der Waals surface area contributed by atoms with E-state index in [1.165, 1.54) is 22.7 Å². The zero-order chi connectivity index (χ0) is 15.5. The highest BCUT2D eigenvalue weighted by molar-refractivity contribution is 7.15. The lowest BCUT2D eigenvalue weighted by atomic mass is 10.2. The third kappa shape index (κ3) is 3.36. The van der Waals surface area contributed by atoms with Crippen LogP contribution in [-0.4, -0.2) is 27.3 Å². The Morgan fingerprint density at radius 1 is 1.41 bits per heavy atom. The van der Waals surface area contributed by atoms with Crippen molar-refractivity contribution in [3.05, 3.63) is 28.5 Å². The van der Waals surface area contributed by atoms with Crippen LogP contribution in [0.2, 0.25) is 0 Å². The molecule has 0 unspecified atom stereocenters. The smallest absolute Gasteiger partial charge is 0.227 e. The lowest BCUT2D eigenvalue weighted by molar-refractivity contribution is -0.116. The SMILES string of the molecule is Cc1ccc(C)n1CCC(=O)Nc1nnc([C@@H]2CCCO2)s1. The van der Waals surface area contributed by atoms with Crippen LogP contribution in [0.15, 0.2) is 12.1 Å². The van der Waals surface area contributed by atoms with E-state index in [4.69, 9.17) is 4.74 Å². The summed E-state index contributed by atoms with van der Waals surface area (Å²) in [4.78, 5) is 12.0. The minimum Gasteiger partial charge on any atom is -0.371 e. The van der Waals surface area contributed by atoms with Gasteiger partial charge in [0.15, 0.2) is 0 Å². The first-order chi connectivity index (χ1) is 10.6. The molecular formula is C15H20N4O2S. The number of carbonyl (C=O) groups is 1. The van der Waals surface area contributed by atoms with E-state index < -0.39 is 0 Å². The number of anilines is 1. The van der Waals surface area contributed by atoms with Crippen LogP contribution < -0.4 is 5.32 Å². The molecule has 1 fully saturated rings. The van der Waals surface area contributed by atoms with Crippen LogP contribution in [0.3, 0.4) is 0 Å². The second-order valence-corrected chi connectivity index (χ2v) is 6.52. The molecule has 2 aromatic rings. The highest BCUT2D eigenvalue weighted by atomic mass is 32.1. The van der Waals surface area contributed by atoms with Gasteiger partial charge in [-0.3, -0.25) is 4.79 Å². The van der Waals surface area contributed by atoms with Crippen LogP contribution >= 0.6 is 11.3 Å². The van der Waals surface area contributed by atoms with E-state index in [1.807, 2.05) is 13.8 Å². The molecule has 1 atom stereocenters. The van der Waals surface area contributed by atoms with E-state index in [2.05, 4.69) is 32.2 Å². The normalized spacial score (nSPS) is 17.8. The summed E-state index contributed by atoms with van der Waals surface area (Å²) in [6, 6.07) is 4.12. The number of hydrogen-bond acceptors (Lipinski definition) is 5. The highest BCUT2D eigenvalue weighted by Crippen LogP contribution is 2.31. The Hall–Kier alpha value is -1.73. The lowest BCUT2D eigenvalue weighted by Gasteiger charge is -2.08. The van der Waals surface area contributed by atoms with Crippen LogP contribution in [0.25, 0.3) is 0 Å². The van der Waals surface area contributed by atoms with Crippen molar-refractivity contribution in [2.45, 2.75) is 45.8 Å². The number of aryl methyl sites for hydroxylation is 2. The Morgan fingerprint density at radius 2 is 2.18 bits per heavy atom. The van der Waals surface area contributed by atoms with E-state index in [0.717, 1.165) is 24.5 Å². The van der Waals surface area contributed by atoms with Gasteiger partial charge in [0.1, 0.15) is 11.1 Å². The Morgan fingerprint density at radius 3 is 2.86 bits per heavy atom. The minimum absolute atomic E-state index is 0.0393. The molecule has 1 saturated heterocycles. The maximum atomic E-state index is 12.0. The van der Waals surface area contributed by atoms with Crippen molar-refractivity contribution in [1.82, 2.24) is 14.8 Å². The van der Waals surface area contributed by atoms with E-state index >= 15 is 0 Å². The monoisotopic (exact) mass is 320 g/mol. The van der Waals surface area contributed by atoms with E-state index in [1.54, 1.807) is 0 Å². The lowest BCUT2D eigenvalue weighted by Crippen LogP contribution is -2.15. The summed E-state index contributed by atoms with van der Waals surface area (Å²) in [5.74, 6) is -0.0393. The highest BCUT2D eigenvalue weighted by Gasteiger charge is 2.22. The Labute approximate surface area is 133 Å². The van der Waals surface area contributed by atoms with Crippen molar-refractivity contribution >= 4 is 22.4 Å². The fraction of sp³-hybridized carbons (Fsp3) is 0.533. The minimum atomic E-state index is -0.0393. The predicted octanol–water partition coefficient (Wildman–Crippen LogP) is 2.84. The number of nitrogens with zero attached hydrogens (tertiary/aromatic N) is 3. The fourth-order valence-corrected chi connectivity index (χ4v) is 3.48. The molecule has 3 rings (SSSR count). The summed E-state index contributed by atoms with van der Waals surface area (Å²) in [5, 5.41) is 12.4. The molecule has 22 heavy (non-hydrogen) atoms. The average molecular weight is 320 g/mol. The standard InChI is InChI=1S/C15H20N4O2S/c1-10-5-6-11(2)19(10)8-7-13(20)16-15-18-17-14(22-15)12-4-3-9-21-12/h5-6,12H,3-4,7-9H2,1-2H3,(H,16,18,20)/t12-/m0/s1. The van der Waals surface area contributed by atoms with Gasteiger partial charge in [0, 0.05) is 31.0 Å². The molecule has 0 radical (unpaired) electrons. The first-order valence-corrected chi connectivity index (χ1v) is 8.33. The molecule has 0 aliphatic carbocycles. The number of amides is 1. The number of nitrogens with one attached hydrogen (secondary N) is 1. The number of rotatable bonds is 5. The molecule has 2 aromatic heterocycles. The molecule has 6 nitrogen and oxygen atoms in total. The Kier molecular flexibility index (Phi) is 4.54. The predicted molar refractivity (Wildman–Crippen MR) is 85.0 cm³/mol. The average Bonchev–Trinajstić information content (AvgIpc) is 3.20. The molecule has 0 bridgehead atoms. The van der Waals surface area contributed by atoms with Gasteiger partial charge in [0.2, 0.25) is 11.0 Å². The van der Waals surface area contributed by atoms with Crippen molar-refractivity contribution in [2.75, 3.05) is 11.9 Å². The molecule has 118 valence electrons. The molecule has 7 heteroatoms.